The molecule has 34 heavy (non-hydrogen) atoms. The minimum Gasteiger partial charge on any atom is -0.415 e. The van der Waals surface area contributed by atoms with E-state index in [9.17, 15) is 8.78 Å². The maximum Gasteiger partial charge on any atom is 0.314 e. The van der Waals surface area contributed by atoms with Gasteiger partial charge in [0.15, 0.2) is 0 Å². The molecule has 0 aliphatic carbocycles. The first-order chi connectivity index (χ1) is 16.4. The predicted molar refractivity (Wildman–Crippen MR) is 125 cm³/mol. The molecule has 4 rings (SSSR count). The van der Waals surface area contributed by atoms with Crippen LogP contribution >= 0.6 is 0 Å². The molecule has 1 saturated heterocycles. The van der Waals surface area contributed by atoms with E-state index in [4.69, 9.17) is 21.7 Å². The van der Waals surface area contributed by atoms with Crippen LogP contribution in [-0.4, -0.2) is 44.7 Å². The van der Waals surface area contributed by atoms with E-state index in [1.54, 1.807) is 41.7 Å². The molecule has 3 aromatic rings. The fourth-order valence-electron chi connectivity index (χ4n) is 3.99. The second-order valence-corrected chi connectivity index (χ2v) is 8.22. The number of hydrogen-bond acceptors (Lipinski definition) is 9. The molecule has 0 spiro atoms. The van der Waals surface area contributed by atoms with Crippen molar-refractivity contribution >= 4 is 11.5 Å². The van der Waals surface area contributed by atoms with Gasteiger partial charge in [-0.25, -0.2) is 10.8 Å². The average molecular weight is 471 g/mol. The molecule has 0 amide bonds. The van der Waals surface area contributed by atoms with Crippen molar-refractivity contribution in [2.24, 2.45) is 11.6 Å². The summed E-state index contributed by atoms with van der Waals surface area (Å²) in [4.78, 5) is 6.49. The van der Waals surface area contributed by atoms with E-state index in [0.717, 1.165) is 31.6 Å². The number of halogens is 2. The Morgan fingerprint density at radius 1 is 1.12 bits per heavy atom. The summed E-state index contributed by atoms with van der Waals surface area (Å²) >= 11 is 0. The van der Waals surface area contributed by atoms with Gasteiger partial charge in [-0.2, -0.15) is 8.78 Å². The van der Waals surface area contributed by atoms with Crippen LogP contribution in [0.3, 0.4) is 0 Å². The predicted octanol–water partition coefficient (Wildman–Crippen LogP) is 3.31. The zero-order valence-corrected chi connectivity index (χ0v) is 18.6. The molecule has 9 nitrogen and oxygen atoms in total. The Bertz CT molecular complexity index is 1090. The van der Waals surface area contributed by atoms with Gasteiger partial charge in [0.2, 0.25) is 5.89 Å². The van der Waals surface area contributed by atoms with Crippen molar-refractivity contribution in [2.75, 3.05) is 25.4 Å². The molecule has 6 N–H and O–H groups in total. The van der Waals surface area contributed by atoms with Crippen molar-refractivity contribution in [1.29, 1.82) is 0 Å². The molecule has 0 bridgehead atoms. The highest BCUT2D eigenvalue weighted by molar-refractivity contribution is 5.62. The Balaban J connectivity index is 1.55. The summed E-state index contributed by atoms with van der Waals surface area (Å²) in [5, 5.41) is 8.68. The van der Waals surface area contributed by atoms with Gasteiger partial charge < -0.3 is 25.8 Å². The van der Waals surface area contributed by atoms with E-state index in [1.807, 2.05) is 12.1 Å². The first kappa shape index (κ1) is 23.6. The summed E-state index contributed by atoms with van der Waals surface area (Å²) < 4.78 is 30.6. The molecule has 2 aromatic heterocycles. The lowest BCUT2D eigenvalue weighted by atomic mass is 10.0. The lowest BCUT2D eigenvalue weighted by molar-refractivity contribution is 0.116. The summed E-state index contributed by atoms with van der Waals surface area (Å²) in [7, 11) is 0. The van der Waals surface area contributed by atoms with E-state index in [-0.39, 0.29) is 11.9 Å². The molecule has 1 unspecified atom stereocenters. The number of aromatic nitrogens is 3. The SMILES string of the molecule is N/C(=C\N(N)C(CCN1CCCC1)c1ccc(-c2nnc(C(F)F)o2)cc1)c1ccc(N)nc1. The minimum atomic E-state index is -2.81. The first-order valence-corrected chi connectivity index (χ1v) is 11.1. The first-order valence-electron chi connectivity index (χ1n) is 11.1. The third-order valence-corrected chi connectivity index (χ3v) is 5.85. The van der Waals surface area contributed by atoms with Crippen molar-refractivity contribution in [3.63, 3.8) is 0 Å². The van der Waals surface area contributed by atoms with Gasteiger partial charge in [-0.15, -0.1) is 10.2 Å². The van der Waals surface area contributed by atoms with Crippen LogP contribution in [0.1, 0.15) is 48.7 Å². The van der Waals surface area contributed by atoms with Crippen molar-refractivity contribution in [1.82, 2.24) is 25.1 Å². The molecule has 3 heterocycles. The molecule has 1 aliphatic heterocycles. The Morgan fingerprint density at radius 2 is 1.85 bits per heavy atom. The summed E-state index contributed by atoms with van der Waals surface area (Å²) in [5.74, 6) is 6.23. The van der Waals surface area contributed by atoms with E-state index < -0.39 is 12.3 Å². The largest absolute Gasteiger partial charge is 0.415 e. The lowest BCUT2D eigenvalue weighted by Gasteiger charge is -2.29. The van der Waals surface area contributed by atoms with Crippen molar-refractivity contribution in [3.8, 4) is 11.5 Å². The maximum absolute atomic E-state index is 12.8. The third-order valence-electron chi connectivity index (χ3n) is 5.85. The Morgan fingerprint density at radius 3 is 2.47 bits per heavy atom. The Kier molecular flexibility index (Phi) is 7.33. The van der Waals surface area contributed by atoms with Gasteiger partial charge in [0.25, 0.3) is 5.89 Å². The fourth-order valence-corrected chi connectivity index (χ4v) is 3.99. The van der Waals surface area contributed by atoms with E-state index in [2.05, 4.69) is 20.1 Å². The lowest BCUT2D eigenvalue weighted by Crippen LogP contribution is -2.34. The molecule has 1 fully saturated rings. The molecular weight excluding hydrogens is 442 g/mol. The van der Waals surface area contributed by atoms with Gasteiger partial charge >= 0.3 is 6.43 Å². The summed E-state index contributed by atoms with van der Waals surface area (Å²) in [6.45, 7) is 3.04. The number of rotatable bonds is 9. The van der Waals surface area contributed by atoms with Gasteiger partial charge in [-0.05, 0) is 62.2 Å². The molecule has 0 radical (unpaired) electrons. The van der Waals surface area contributed by atoms with Crippen LogP contribution < -0.4 is 17.3 Å². The van der Waals surface area contributed by atoms with Gasteiger partial charge in [-0.3, -0.25) is 0 Å². The van der Waals surface area contributed by atoms with Crippen LogP contribution in [0.2, 0.25) is 0 Å². The number of nitrogens with zero attached hydrogens (tertiary/aromatic N) is 5. The fraction of sp³-hybridized carbons (Fsp3) is 0.348. The van der Waals surface area contributed by atoms with E-state index >= 15 is 0 Å². The van der Waals surface area contributed by atoms with Gasteiger partial charge in [0, 0.05) is 30.1 Å². The zero-order chi connectivity index (χ0) is 24.1. The monoisotopic (exact) mass is 470 g/mol. The van der Waals surface area contributed by atoms with Crippen molar-refractivity contribution < 1.29 is 13.2 Å². The molecule has 1 atom stereocenters. The number of likely N-dealkylation sites (tertiary alicyclic amines) is 1. The topological polar surface area (TPSA) is 136 Å². The highest BCUT2D eigenvalue weighted by Crippen LogP contribution is 2.28. The Labute approximate surface area is 196 Å². The maximum atomic E-state index is 12.8. The second kappa shape index (κ2) is 10.6. The summed E-state index contributed by atoms with van der Waals surface area (Å²) in [6.07, 6.45) is 3.65. The highest BCUT2D eigenvalue weighted by atomic mass is 19.3. The van der Waals surface area contributed by atoms with Crippen LogP contribution in [0.5, 0.6) is 0 Å². The molecule has 180 valence electrons. The van der Waals surface area contributed by atoms with Gasteiger partial charge in [0.1, 0.15) is 5.82 Å². The number of anilines is 1. The number of hydrazine groups is 1. The number of hydrogen-bond donors (Lipinski definition) is 3. The zero-order valence-electron chi connectivity index (χ0n) is 18.6. The molecule has 11 heteroatoms. The molecule has 0 saturated carbocycles. The smallest absolute Gasteiger partial charge is 0.314 e. The number of benzene rings is 1. The second-order valence-electron chi connectivity index (χ2n) is 8.22. The van der Waals surface area contributed by atoms with Crippen molar-refractivity contribution in [3.05, 3.63) is 65.8 Å². The van der Waals surface area contributed by atoms with Gasteiger partial charge in [-0.1, -0.05) is 12.1 Å². The quantitative estimate of drug-likeness (QED) is 0.318. The van der Waals surface area contributed by atoms with E-state index in [0.29, 0.717) is 22.6 Å². The number of nitrogen functional groups attached to an aromatic ring is 1. The normalized spacial score (nSPS) is 15.7. The standard InChI is InChI=1S/C23H28F2N8O/c24-21(25)23-31-30-22(34-23)16-5-3-15(4-6-16)19(9-12-32-10-1-2-11-32)33(28)14-18(26)17-7-8-20(27)29-13-17/h3-8,13-14,19,21H,1-2,9-12,26,28H2,(H2,27,29)/b18-14-. The van der Waals surface area contributed by atoms with Crippen LogP contribution in [0, 0.1) is 0 Å². The van der Waals surface area contributed by atoms with Gasteiger partial charge in [0.05, 0.1) is 11.7 Å². The third kappa shape index (κ3) is 5.67. The Hall–Kier alpha value is -3.57. The number of nitrogens with two attached hydrogens (primary N) is 3. The molecule has 1 aromatic carbocycles. The summed E-state index contributed by atoms with van der Waals surface area (Å²) in [6, 6.07) is 10.6. The average Bonchev–Trinajstić information content (AvgIpc) is 3.53. The van der Waals surface area contributed by atoms with Crippen LogP contribution in [0.25, 0.3) is 17.2 Å². The highest BCUT2D eigenvalue weighted by Gasteiger charge is 2.21. The van der Waals surface area contributed by atoms with Crippen LogP contribution in [-0.2, 0) is 0 Å². The molecule has 1 aliphatic rings. The van der Waals surface area contributed by atoms with Crippen molar-refractivity contribution in [2.45, 2.75) is 31.7 Å². The number of pyridine rings is 1. The van der Waals surface area contributed by atoms with Crippen LogP contribution in [0.4, 0.5) is 14.6 Å². The van der Waals surface area contributed by atoms with E-state index in [1.165, 1.54) is 12.8 Å². The molecular formula is C23H28F2N8O. The van der Waals surface area contributed by atoms with Crippen LogP contribution in [0.15, 0.2) is 53.2 Å². The number of alkyl halides is 2. The minimum absolute atomic E-state index is 0.0417. The summed E-state index contributed by atoms with van der Waals surface area (Å²) in [5.41, 5.74) is 14.6.